The number of anilines is 1. The second-order valence-electron chi connectivity index (χ2n) is 4.46. The Morgan fingerprint density at radius 3 is 2.53 bits per heavy atom. The van der Waals surface area contributed by atoms with Gasteiger partial charge in [0, 0.05) is 12.1 Å². The summed E-state index contributed by atoms with van der Waals surface area (Å²) in [6, 6.07) is 2.25. The molecule has 0 heterocycles. The minimum absolute atomic E-state index is 0.177. The fourth-order valence-electron chi connectivity index (χ4n) is 1.60. The number of rotatable bonds is 6. The largest absolute Gasteiger partial charge is 0.378 e. The van der Waals surface area contributed by atoms with Crippen LogP contribution in [0.2, 0.25) is 0 Å². The molecular formula is C12H17BrFN3O2. The first-order chi connectivity index (χ1) is 8.83. The molecule has 1 aromatic rings. The number of benzene rings is 1. The van der Waals surface area contributed by atoms with Crippen LogP contribution < -0.4 is 11.1 Å². The van der Waals surface area contributed by atoms with E-state index in [0.717, 1.165) is 18.9 Å². The summed E-state index contributed by atoms with van der Waals surface area (Å²) in [5.74, 6) is -0.665. The van der Waals surface area contributed by atoms with Gasteiger partial charge in [-0.15, -0.1) is 0 Å². The average molecular weight is 334 g/mol. The van der Waals surface area contributed by atoms with Crippen molar-refractivity contribution in [2.75, 3.05) is 11.9 Å². The second-order valence-corrected chi connectivity index (χ2v) is 5.32. The highest BCUT2D eigenvalue weighted by Crippen LogP contribution is 2.31. The molecule has 5 nitrogen and oxygen atoms in total. The lowest BCUT2D eigenvalue weighted by molar-refractivity contribution is -0.384. The molecule has 19 heavy (non-hydrogen) atoms. The average Bonchev–Trinajstić information content (AvgIpc) is 2.39. The second kappa shape index (κ2) is 6.29. The van der Waals surface area contributed by atoms with Crippen molar-refractivity contribution >= 4 is 27.3 Å². The van der Waals surface area contributed by atoms with Gasteiger partial charge in [-0.1, -0.05) is 13.8 Å². The normalized spacial score (nSPS) is 11.4. The first-order valence-electron chi connectivity index (χ1n) is 5.99. The molecule has 0 bridgehead atoms. The number of hydrogen-bond donors (Lipinski definition) is 2. The van der Waals surface area contributed by atoms with Gasteiger partial charge in [-0.05, 0) is 34.8 Å². The lowest BCUT2D eigenvalue weighted by atomic mass is 9.94. The maximum atomic E-state index is 13.3. The van der Waals surface area contributed by atoms with Gasteiger partial charge in [0.15, 0.2) is 0 Å². The van der Waals surface area contributed by atoms with E-state index in [-0.39, 0.29) is 15.8 Å². The number of nitro benzene ring substituents is 1. The molecular weight excluding hydrogens is 317 g/mol. The Bertz CT molecular complexity index is 478. The molecule has 0 atom stereocenters. The zero-order valence-electron chi connectivity index (χ0n) is 10.9. The van der Waals surface area contributed by atoms with Gasteiger partial charge in [-0.3, -0.25) is 10.1 Å². The molecule has 0 spiro atoms. The fourth-order valence-corrected chi connectivity index (χ4v) is 1.94. The minimum Gasteiger partial charge on any atom is -0.378 e. The Balaban J connectivity index is 3.00. The van der Waals surface area contributed by atoms with E-state index >= 15 is 0 Å². The minimum atomic E-state index is -0.665. The van der Waals surface area contributed by atoms with Crippen LogP contribution in [0.25, 0.3) is 0 Å². The van der Waals surface area contributed by atoms with Crippen molar-refractivity contribution in [2.45, 2.75) is 32.2 Å². The lowest BCUT2D eigenvalue weighted by Gasteiger charge is -2.27. The number of nitrogens with two attached hydrogens (primary N) is 1. The van der Waals surface area contributed by atoms with Gasteiger partial charge in [0.25, 0.3) is 5.69 Å². The monoisotopic (exact) mass is 333 g/mol. The van der Waals surface area contributed by atoms with E-state index in [1.54, 1.807) is 0 Å². The van der Waals surface area contributed by atoms with Crippen molar-refractivity contribution in [3.8, 4) is 0 Å². The third-order valence-corrected chi connectivity index (χ3v) is 3.88. The van der Waals surface area contributed by atoms with E-state index in [0.29, 0.717) is 6.54 Å². The highest BCUT2D eigenvalue weighted by molar-refractivity contribution is 9.10. The molecule has 3 N–H and O–H groups in total. The number of nitrogens with one attached hydrogen (secondary N) is 1. The van der Waals surface area contributed by atoms with Crippen LogP contribution in [0.1, 0.15) is 26.7 Å². The summed E-state index contributed by atoms with van der Waals surface area (Å²) in [6.45, 7) is 4.30. The maximum Gasteiger partial charge on any atom is 0.295 e. The summed E-state index contributed by atoms with van der Waals surface area (Å²) >= 11 is 3.02. The molecule has 0 saturated carbocycles. The van der Waals surface area contributed by atoms with E-state index in [1.165, 1.54) is 6.07 Å². The topological polar surface area (TPSA) is 81.2 Å². The van der Waals surface area contributed by atoms with Crippen molar-refractivity contribution in [1.29, 1.82) is 0 Å². The number of nitrogens with zero attached hydrogens (tertiary/aromatic N) is 1. The van der Waals surface area contributed by atoms with E-state index < -0.39 is 16.3 Å². The van der Waals surface area contributed by atoms with Gasteiger partial charge >= 0.3 is 0 Å². The van der Waals surface area contributed by atoms with Crippen LogP contribution in [-0.2, 0) is 0 Å². The molecule has 0 aliphatic carbocycles. The van der Waals surface area contributed by atoms with Crippen LogP contribution in [0.4, 0.5) is 15.8 Å². The van der Waals surface area contributed by atoms with Crippen molar-refractivity contribution < 1.29 is 9.31 Å². The molecule has 7 heteroatoms. The van der Waals surface area contributed by atoms with Gasteiger partial charge in [0.1, 0.15) is 11.5 Å². The van der Waals surface area contributed by atoms with E-state index in [1.807, 2.05) is 13.8 Å². The standard InChI is InChI=1S/C12H17BrFN3O2/c1-3-12(15,4-2)7-16-10-5-8(13)9(14)6-11(10)17(18)19/h5-6,16H,3-4,7,15H2,1-2H3. The predicted molar refractivity (Wildman–Crippen MR) is 76.7 cm³/mol. The molecule has 1 rings (SSSR count). The highest BCUT2D eigenvalue weighted by atomic mass is 79.9. The van der Waals surface area contributed by atoms with Crippen LogP contribution in [0.5, 0.6) is 0 Å². The molecule has 0 saturated heterocycles. The molecule has 0 aliphatic rings. The van der Waals surface area contributed by atoms with Crippen LogP contribution >= 0.6 is 15.9 Å². The Morgan fingerprint density at radius 2 is 2.05 bits per heavy atom. The Labute approximate surface area is 119 Å². The number of nitro groups is 1. The summed E-state index contributed by atoms with van der Waals surface area (Å²) < 4.78 is 13.5. The zero-order chi connectivity index (χ0) is 14.6. The molecule has 1 aromatic carbocycles. The zero-order valence-corrected chi connectivity index (χ0v) is 12.5. The number of hydrogen-bond acceptors (Lipinski definition) is 4. The Hall–Kier alpha value is -1.21. The van der Waals surface area contributed by atoms with Gasteiger partial charge in [-0.2, -0.15) is 0 Å². The smallest absolute Gasteiger partial charge is 0.295 e. The predicted octanol–water partition coefficient (Wildman–Crippen LogP) is 3.43. The molecule has 0 aromatic heterocycles. The number of halogens is 2. The van der Waals surface area contributed by atoms with Gasteiger partial charge in [0.05, 0.1) is 15.5 Å². The third kappa shape index (κ3) is 3.87. The molecule has 0 unspecified atom stereocenters. The van der Waals surface area contributed by atoms with E-state index in [2.05, 4.69) is 21.2 Å². The Kier molecular flexibility index (Phi) is 5.25. The summed E-state index contributed by atoms with van der Waals surface area (Å²) in [5, 5.41) is 13.8. The summed E-state index contributed by atoms with van der Waals surface area (Å²) in [4.78, 5) is 10.3. The summed E-state index contributed by atoms with van der Waals surface area (Å²) in [5.41, 5.74) is 5.65. The quantitative estimate of drug-likeness (QED) is 0.617. The van der Waals surface area contributed by atoms with Gasteiger partial charge in [-0.25, -0.2) is 4.39 Å². The van der Waals surface area contributed by atoms with E-state index in [4.69, 9.17) is 5.73 Å². The van der Waals surface area contributed by atoms with Crippen LogP contribution in [0.3, 0.4) is 0 Å². The Morgan fingerprint density at radius 1 is 1.47 bits per heavy atom. The SMILES string of the molecule is CCC(N)(CC)CNc1cc(Br)c(F)cc1[N+](=O)[O-]. The first kappa shape index (κ1) is 15.8. The van der Waals surface area contributed by atoms with Crippen LogP contribution in [0, 0.1) is 15.9 Å². The van der Waals surface area contributed by atoms with Gasteiger partial charge < -0.3 is 11.1 Å². The van der Waals surface area contributed by atoms with Crippen molar-refractivity contribution in [1.82, 2.24) is 0 Å². The fraction of sp³-hybridized carbons (Fsp3) is 0.500. The molecule has 0 amide bonds. The first-order valence-corrected chi connectivity index (χ1v) is 6.78. The summed E-state index contributed by atoms with van der Waals surface area (Å²) in [7, 11) is 0. The van der Waals surface area contributed by atoms with Crippen LogP contribution in [-0.4, -0.2) is 17.0 Å². The highest BCUT2D eigenvalue weighted by Gasteiger charge is 2.23. The molecule has 106 valence electrons. The lowest BCUT2D eigenvalue weighted by Crippen LogP contribution is -2.45. The molecule has 0 radical (unpaired) electrons. The van der Waals surface area contributed by atoms with E-state index in [9.17, 15) is 14.5 Å². The van der Waals surface area contributed by atoms with Crippen molar-refractivity contribution in [2.24, 2.45) is 5.73 Å². The maximum absolute atomic E-state index is 13.3. The van der Waals surface area contributed by atoms with Gasteiger partial charge in [0.2, 0.25) is 0 Å². The van der Waals surface area contributed by atoms with Crippen molar-refractivity contribution in [3.63, 3.8) is 0 Å². The van der Waals surface area contributed by atoms with Crippen molar-refractivity contribution in [3.05, 3.63) is 32.5 Å². The third-order valence-electron chi connectivity index (χ3n) is 3.27. The molecule has 0 aliphatic heterocycles. The molecule has 0 fully saturated rings. The summed E-state index contributed by atoms with van der Waals surface area (Å²) in [6.07, 6.45) is 1.49. The van der Waals surface area contributed by atoms with Crippen LogP contribution in [0.15, 0.2) is 16.6 Å².